The van der Waals surface area contributed by atoms with Gasteiger partial charge in [0, 0.05) is 19.6 Å². The number of hydrogen-bond donors (Lipinski definition) is 3. The number of aromatic nitrogens is 4. The van der Waals surface area contributed by atoms with Crippen molar-refractivity contribution in [2.45, 2.75) is 25.6 Å². The maximum absolute atomic E-state index is 12.2. The number of carbonyl (C=O) groups is 2. The highest BCUT2D eigenvalue weighted by Gasteiger charge is 2.31. The zero-order valence-corrected chi connectivity index (χ0v) is 13.1. The Labute approximate surface area is 138 Å². The number of piperazine rings is 1. The molecule has 9 nitrogen and oxygen atoms in total. The maximum atomic E-state index is 12.2. The number of rotatable bonds is 6. The molecule has 1 saturated heterocycles. The van der Waals surface area contributed by atoms with E-state index in [9.17, 15) is 9.59 Å². The number of carbonyl (C=O) groups excluding carboxylic acids is 2. The smallest absolute Gasteiger partial charge is 0.237 e. The highest BCUT2D eigenvalue weighted by molar-refractivity contribution is 5.88. The van der Waals surface area contributed by atoms with Crippen LogP contribution in [-0.2, 0) is 22.7 Å². The lowest BCUT2D eigenvalue weighted by Gasteiger charge is -2.34. The Kier molecular flexibility index (Phi) is 5.12. The van der Waals surface area contributed by atoms with Crippen molar-refractivity contribution >= 4 is 11.8 Å². The van der Waals surface area contributed by atoms with Crippen molar-refractivity contribution in [3.63, 3.8) is 0 Å². The SMILES string of the molecule is O=C(CC1C(=O)NCCN1Cc1ccccc1)NCc1nn[nH]n1. The van der Waals surface area contributed by atoms with Gasteiger partial charge in [0.1, 0.15) is 0 Å². The van der Waals surface area contributed by atoms with Gasteiger partial charge >= 0.3 is 0 Å². The van der Waals surface area contributed by atoms with Crippen LogP contribution in [0.2, 0.25) is 0 Å². The second-order valence-corrected chi connectivity index (χ2v) is 5.57. The van der Waals surface area contributed by atoms with E-state index in [1.807, 2.05) is 35.2 Å². The lowest BCUT2D eigenvalue weighted by atomic mass is 10.1. The summed E-state index contributed by atoms with van der Waals surface area (Å²) in [7, 11) is 0. The Morgan fingerprint density at radius 3 is 2.92 bits per heavy atom. The molecule has 1 aromatic heterocycles. The fourth-order valence-corrected chi connectivity index (χ4v) is 2.67. The third-order valence-corrected chi connectivity index (χ3v) is 3.88. The van der Waals surface area contributed by atoms with Gasteiger partial charge in [-0.3, -0.25) is 14.5 Å². The van der Waals surface area contributed by atoms with Crippen molar-refractivity contribution in [3.05, 3.63) is 41.7 Å². The van der Waals surface area contributed by atoms with Gasteiger partial charge in [-0.15, -0.1) is 10.2 Å². The fourth-order valence-electron chi connectivity index (χ4n) is 2.67. The molecule has 2 aromatic rings. The summed E-state index contributed by atoms with van der Waals surface area (Å²) in [5, 5.41) is 18.8. The minimum absolute atomic E-state index is 0.0938. The zero-order chi connectivity index (χ0) is 16.8. The van der Waals surface area contributed by atoms with Gasteiger partial charge in [-0.2, -0.15) is 5.21 Å². The van der Waals surface area contributed by atoms with E-state index in [1.54, 1.807) is 0 Å². The highest BCUT2D eigenvalue weighted by atomic mass is 16.2. The number of benzene rings is 1. The van der Waals surface area contributed by atoms with Crippen LogP contribution in [0.25, 0.3) is 0 Å². The van der Waals surface area contributed by atoms with E-state index in [-0.39, 0.29) is 24.8 Å². The van der Waals surface area contributed by atoms with Crippen LogP contribution in [-0.4, -0.2) is 56.5 Å². The minimum atomic E-state index is -0.482. The van der Waals surface area contributed by atoms with Crippen LogP contribution < -0.4 is 10.6 Å². The van der Waals surface area contributed by atoms with E-state index in [0.29, 0.717) is 25.5 Å². The molecule has 1 unspecified atom stereocenters. The lowest BCUT2D eigenvalue weighted by molar-refractivity contribution is -0.134. The topological polar surface area (TPSA) is 116 Å². The molecule has 2 heterocycles. The van der Waals surface area contributed by atoms with Crippen molar-refractivity contribution < 1.29 is 9.59 Å². The Bertz CT molecular complexity index is 674. The van der Waals surface area contributed by atoms with Crippen molar-refractivity contribution in [1.82, 2.24) is 36.2 Å². The molecule has 0 bridgehead atoms. The summed E-state index contributed by atoms with van der Waals surface area (Å²) in [4.78, 5) is 26.4. The summed E-state index contributed by atoms with van der Waals surface area (Å²) in [6.45, 7) is 2.12. The minimum Gasteiger partial charge on any atom is -0.353 e. The summed E-state index contributed by atoms with van der Waals surface area (Å²) in [5.41, 5.74) is 1.12. The monoisotopic (exact) mass is 329 g/mol. The lowest BCUT2D eigenvalue weighted by Crippen LogP contribution is -2.56. The molecule has 3 N–H and O–H groups in total. The number of H-pyrrole nitrogens is 1. The summed E-state index contributed by atoms with van der Waals surface area (Å²) >= 11 is 0. The molecule has 9 heteroatoms. The molecule has 1 atom stereocenters. The second kappa shape index (κ2) is 7.64. The van der Waals surface area contributed by atoms with Gasteiger partial charge in [0.2, 0.25) is 11.8 Å². The third kappa shape index (κ3) is 4.13. The number of nitrogens with zero attached hydrogens (tertiary/aromatic N) is 4. The molecule has 24 heavy (non-hydrogen) atoms. The van der Waals surface area contributed by atoms with E-state index in [1.165, 1.54) is 0 Å². The first kappa shape index (κ1) is 16.1. The van der Waals surface area contributed by atoms with Gasteiger partial charge < -0.3 is 10.6 Å². The average Bonchev–Trinajstić information content (AvgIpc) is 3.11. The molecule has 3 rings (SSSR count). The quantitative estimate of drug-likeness (QED) is 0.639. The number of aromatic amines is 1. The zero-order valence-electron chi connectivity index (χ0n) is 13.1. The molecule has 0 aliphatic carbocycles. The first-order valence-corrected chi connectivity index (χ1v) is 7.77. The van der Waals surface area contributed by atoms with Crippen molar-refractivity contribution in [1.29, 1.82) is 0 Å². The standard InChI is InChI=1S/C15H19N7O2/c23-14(17-9-13-18-20-21-19-13)8-12-15(24)16-6-7-22(12)10-11-4-2-1-3-5-11/h1-5,12H,6-10H2,(H,16,24)(H,17,23)(H,18,19,20,21). The van der Waals surface area contributed by atoms with Crippen molar-refractivity contribution in [2.24, 2.45) is 0 Å². The fraction of sp³-hybridized carbons (Fsp3) is 0.400. The average molecular weight is 329 g/mol. The van der Waals surface area contributed by atoms with Gasteiger partial charge in [0.25, 0.3) is 0 Å². The Balaban J connectivity index is 1.59. The van der Waals surface area contributed by atoms with Crippen LogP contribution >= 0.6 is 0 Å². The summed E-state index contributed by atoms with van der Waals surface area (Å²) < 4.78 is 0. The predicted octanol–water partition coefficient (Wildman–Crippen LogP) is -0.793. The molecule has 1 aromatic carbocycles. The molecule has 1 aliphatic rings. The summed E-state index contributed by atoms with van der Waals surface area (Å²) in [6, 6.07) is 9.43. The Hall–Kier alpha value is -2.81. The molecular formula is C15H19N7O2. The van der Waals surface area contributed by atoms with Crippen molar-refractivity contribution in [3.8, 4) is 0 Å². The van der Waals surface area contributed by atoms with E-state index < -0.39 is 6.04 Å². The van der Waals surface area contributed by atoms with Crippen LogP contribution in [0.1, 0.15) is 17.8 Å². The van der Waals surface area contributed by atoms with Crippen molar-refractivity contribution in [2.75, 3.05) is 13.1 Å². The van der Waals surface area contributed by atoms with E-state index in [2.05, 4.69) is 31.3 Å². The maximum Gasteiger partial charge on any atom is 0.237 e. The number of amides is 2. The van der Waals surface area contributed by atoms with E-state index >= 15 is 0 Å². The molecular weight excluding hydrogens is 310 g/mol. The van der Waals surface area contributed by atoms with E-state index in [0.717, 1.165) is 5.56 Å². The molecule has 1 aliphatic heterocycles. The van der Waals surface area contributed by atoms with Gasteiger partial charge in [-0.05, 0) is 5.56 Å². The van der Waals surface area contributed by atoms with Crippen LogP contribution in [0.5, 0.6) is 0 Å². The van der Waals surface area contributed by atoms with Crippen LogP contribution in [0.3, 0.4) is 0 Å². The Morgan fingerprint density at radius 1 is 1.33 bits per heavy atom. The molecule has 2 amide bonds. The predicted molar refractivity (Wildman–Crippen MR) is 84.3 cm³/mol. The molecule has 1 fully saturated rings. The van der Waals surface area contributed by atoms with E-state index in [4.69, 9.17) is 0 Å². The van der Waals surface area contributed by atoms with Crippen LogP contribution in [0.15, 0.2) is 30.3 Å². The first-order valence-electron chi connectivity index (χ1n) is 7.77. The molecule has 126 valence electrons. The molecule has 0 radical (unpaired) electrons. The van der Waals surface area contributed by atoms with Crippen LogP contribution in [0, 0.1) is 0 Å². The van der Waals surface area contributed by atoms with Gasteiger partial charge in [0.15, 0.2) is 5.82 Å². The highest BCUT2D eigenvalue weighted by Crippen LogP contribution is 2.13. The molecule has 0 saturated carbocycles. The van der Waals surface area contributed by atoms with Crippen LogP contribution in [0.4, 0.5) is 0 Å². The number of hydrogen-bond acceptors (Lipinski definition) is 6. The normalized spacial score (nSPS) is 18.2. The first-order chi connectivity index (χ1) is 11.7. The summed E-state index contributed by atoms with van der Waals surface area (Å²) in [5.74, 6) is 0.0596. The van der Waals surface area contributed by atoms with Gasteiger partial charge in [-0.1, -0.05) is 35.5 Å². The Morgan fingerprint density at radius 2 is 2.17 bits per heavy atom. The number of nitrogens with one attached hydrogen (secondary N) is 3. The second-order valence-electron chi connectivity index (χ2n) is 5.57. The number of tetrazole rings is 1. The largest absolute Gasteiger partial charge is 0.353 e. The summed E-state index contributed by atoms with van der Waals surface area (Å²) in [6.07, 6.45) is 0.0938. The molecule has 0 spiro atoms. The van der Waals surface area contributed by atoms with Gasteiger partial charge in [0.05, 0.1) is 19.0 Å². The third-order valence-electron chi connectivity index (χ3n) is 3.88. The van der Waals surface area contributed by atoms with Gasteiger partial charge in [-0.25, -0.2) is 0 Å².